The van der Waals surface area contributed by atoms with Gasteiger partial charge in [0.15, 0.2) is 11.6 Å². The highest BCUT2D eigenvalue weighted by atomic mass is 19.2. The number of nitrogens with one attached hydrogen (secondary N) is 1. The zero-order chi connectivity index (χ0) is 18.0. The van der Waals surface area contributed by atoms with E-state index >= 15 is 0 Å². The van der Waals surface area contributed by atoms with Crippen LogP contribution >= 0.6 is 0 Å². The maximum atomic E-state index is 13.7. The standard InChI is InChI=1S/C18H20F3N3O/c1-2-11-10-22-23-18(11)12-5-7-24(8-6-12)16(25)9-13-14(19)3-4-15(20)17(13)21/h3-4,10,12H,2,5-9H2,1H3,(H,22,23). The van der Waals surface area contributed by atoms with Gasteiger partial charge in [0, 0.05) is 30.3 Å². The largest absolute Gasteiger partial charge is 0.342 e. The third kappa shape index (κ3) is 3.55. The topological polar surface area (TPSA) is 49.0 Å². The number of H-pyrrole nitrogens is 1. The fraction of sp³-hybridized carbons (Fsp3) is 0.444. The van der Waals surface area contributed by atoms with Crippen LogP contribution in [-0.4, -0.2) is 34.1 Å². The van der Waals surface area contributed by atoms with Crippen LogP contribution in [0.15, 0.2) is 18.3 Å². The molecule has 1 N–H and O–H groups in total. The van der Waals surface area contributed by atoms with Crippen LogP contribution in [0.3, 0.4) is 0 Å². The number of nitrogens with zero attached hydrogens (tertiary/aromatic N) is 2. The van der Waals surface area contributed by atoms with Crippen LogP contribution in [0.1, 0.15) is 42.5 Å². The minimum Gasteiger partial charge on any atom is -0.342 e. The van der Waals surface area contributed by atoms with Gasteiger partial charge in [-0.05, 0) is 37.0 Å². The van der Waals surface area contributed by atoms with Crippen molar-refractivity contribution < 1.29 is 18.0 Å². The first-order valence-electron chi connectivity index (χ1n) is 8.43. The lowest BCUT2D eigenvalue weighted by atomic mass is 9.90. The number of rotatable bonds is 4. The van der Waals surface area contributed by atoms with Crippen LogP contribution in [0.5, 0.6) is 0 Å². The molecule has 1 saturated heterocycles. The minimum atomic E-state index is -1.28. The maximum Gasteiger partial charge on any atom is 0.227 e. The Morgan fingerprint density at radius 3 is 2.60 bits per heavy atom. The molecule has 7 heteroatoms. The van der Waals surface area contributed by atoms with Crippen LogP contribution in [0, 0.1) is 17.5 Å². The molecule has 1 fully saturated rings. The SMILES string of the molecule is CCc1cn[nH]c1C1CCN(C(=O)Cc2c(F)ccc(F)c2F)CC1. The van der Waals surface area contributed by atoms with Crippen LogP contribution < -0.4 is 0 Å². The van der Waals surface area contributed by atoms with Crippen molar-refractivity contribution in [1.29, 1.82) is 0 Å². The van der Waals surface area contributed by atoms with Crippen molar-refractivity contribution in [2.75, 3.05) is 13.1 Å². The van der Waals surface area contributed by atoms with Gasteiger partial charge in [0.05, 0.1) is 12.6 Å². The fourth-order valence-corrected chi connectivity index (χ4v) is 3.37. The first-order chi connectivity index (χ1) is 12.0. The van der Waals surface area contributed by atoms with E-state index < -0.39 is 29.4 Å². The highest BCUT2D eigenvalue weighted by molar-refractivity contribution is 5.79. The number of hydrogen-bond acceptors (Lipinski definition) is 2. The summed E-state index contributed by atoms with van der Waals surface area (Å²) < 4.78 is 40.7. The summed E-state index contributed by atoms with van der Waals surface area (Å²) in [5, 5.41) is 7.12. The molecule has 1 aromatic heterocycles. The Hall–Kier alpha value is -2.31. The number of piperidine rings is 1. The normalized spacial score (nSPS) is 15.6. The Morgan fingerprint density at radius 2 is 1.92 bits per heavy atom. The van der Waals surface area contributed by atoms with E-state index in [1.54, 1.807) is 4.90 Å². The number of benzene rings is 1. The average molecular weight is 351 g/mol. The molecule has 3 rings (SSSR count). The van der Waals surface area contributed by atoms with E-state index in [1.165, 1.54) is 5.56 Å². The first-order valence-corrected chi connectivity index (χ1v) is 8.43. The summed E-state index contributed by atoms with van der Waals surface area (Å²) in [7, 11) is 0. The van der Waals surface area contributed by atoms with E-state index in [1.807, 2.05) is 6.20 Å². The molecule has 0 saturated carbocycles. The smallest absolute Gasteiger partial charge is 0.227 e. The molecule has 0 unspecified atom stereocenters. The van der Waals surface area contributed by atoms with E-state index in [0.29, 0.717) is 19.0 Å². The second kappa shape index (κ2) is 7.29. The van der Waals surface area contributed by atoms with Gasteiger partial charge < -0.3 is 4.90 Å². The van der Waals surface area contributed by atoms with Gasteiger partial charge >= 0.3 is 0 Å². The second-order valence-electron chi connectivity index (χ2n) is 6.32. The molecule has 2 aromatic rings. The second-order valence-corrected chi connectivity index (χ2v) is 6.32. The summed E-state index contributed by atoms with van der Waals surface area (Å²) in [6.45, 7) is 3.07. The average Bonchev–Trinajstić information content (AvgIpc) is 3.10. The quantitative estimate of drug-likeness (QED) is 0.859. The number of halogens is 3. The molecule has 1 aromatic carbocycles. The summed E-state index contributed by atoms with van der Waals surface area (Å²) in [5.74, 6) is -3.42. The van der Waals surface area contributed by atoms with Crippen LogP contribution in [-0.2, 0) is 17.6 Å². The van der Waals surface area contributed by atoms with Crippen molar-refractivity contribution in [3.63, 3.8) is 0 Å². The molecule has 1 aliphatic rings. The monoisotopic (exact) mass is 351 g/mol. The Kier molecular flexibility index (Phi) is 5.11. The number of hydrogen-bond donors (Lipinski definition) is 1. The molecule has 0 atom stereocenters. The summed E-state index contributed by atoms with van der Waals surface area (Å²) in [6, 6.07) is 1.57. The molecule has 0 radical (unpaired) electrons. The molecule has 0 spiro atoms. The van der Waals surface area contributed by atoms with Crippen molar-refractivity contribution in [3.8, 4) is 0 Å². The highest BCUT2D eigenvalue weighted by Crippen LogP contribution is 2.29. The number of carbonyl (C=O) groups excluding carboxylic acids is 1. The Labute approximate surface area is 144 Å². The minimum absolute atomic E-state index is 0.296. The van der Waals surface area contributed by atoms with E-state index in [-0.39, 0.29) is 5.91 Å². The van der Waals surface area contributed by atoms with Gasteiger partial charge in [-0.3, -0.25) is 9.89 Å². The molecule has 0 aliphatic carbocycles. The van der Waals surface area contributed by atoms with Gasteiger partial charge in [0.25, 0.3) is 0 Å². The number of aromatic nitrogens is 2. The third-order valence-electron chi connectivity index (χ3n) is 4.86. The summed E-state index contributed by atoms with van der Waals surface area (Å²) in [6.07, 6.45) is 3.76. The fourth-order valence-electron chi connectivity index (χ4n) is 3.37. The van der Waals surface area contributed by atoms with Crippen LogP contribution in [0.2, 0.25) is 0 Å². The van der Waals surface area contributed by atoms with E-state index in [0.717, 1.165) is 37.1 Å². The Bertz CT molecular complexity index is 767. The van der Waals surface area contributed by atoms with Crippen LogP contribution in [0.25, 0.3) is 0 Å². The molecule has 1 aliphatic heterocycles. The molecule has 134 valence electrons. The Balaban J connectivity index is 1.64. The lowest BCUT2D eigenvalue weighted by Crippen LogP contribution is -2.39. The number of aryl methyl sites for hydroxylation is 1. The van der Waals surface area contributed by atoms with E-state index in [4.69, 9.17) is 0 Å². The van der Waals surface area contributed by atoms with Crippen LogP contribution in [0.4, 0.5) is 13.2 Å². The van der Waals surface area contributed by atoms with Crippen molar-refractivity contribution in [1.82, 2.24) is 15.1 Å². The van der Waals surface area contributed by atoms with Crippen molar-refractivity contribution in [2.45, 2.75) is 38.5 Å². The summed E-state index contributed by atoms with van der Waals surface area (Å²) in [5.41, 5.74) is 1.78. The third-order valence-corrected chi connectivity index (χ3v) is 4.86. The predicted octanol–water partition coefficient (Wildman–Crippen LogP) is 3.34. The summed E-state index contributed by atoms with van der Waals surface area (Å²) >= 11 is 0. The zero-order valence-electron chi connectivity index (χ0n) is 14.0. The van der Waals surface area contributed by atoms with E-state index in [9.17, 15) is 18.0 Å². The maximum absolute atomic E-state index is 13.7. The molecule has 0 bridgehead atoms. The van der Waals surface area contributed by atoms with Gasteiger partial charge in [0.1, 0.15) is 5.82 Å². The number of amides is 1. The molecule has 2 heterocycles. The van der Waals surface area contributed by atoms with Crippen molar-refractivity contribution >= 4 is 5.91 Å². The van der Waals surface area contributed by atoms with E-state index in [2.05, 4.69) is 17.1 Å². The van der Waals surface area contributed by atoms with Crippen molar-refractivity contribution in [2.24, 2.45) is 0 Å². The summed E-state index contributed by atoms with van der Waals surface area (Å²) in [4.78, 5) is 13.9. The number of aromatic amines is 1. The zero-order valence-corrected chi connectivity index (χ0v) is 14.0. The molecule has 1 amide bonds. The molecule has 4 nitrogen and oxygen atoms in total. The van der Waals surface area contributed by atoms with Gasteiger partial charge in [-0.1, -0.05) is 6.92 Å². The molecule has 25 heavy (non-hydrogen) atoms. The molecular weight excluding hydrogens is 331 g/mol. The molecular formula is C18H20F3N3O. The van der Waals surface area contributed by atoms with Gasteiger partial charge in [0.2, 0.25) is 5.91 Å². The number of likely N-dealkylation sites (tertiary alicyclic amines) is 1. The Morgan fingerprint density at radius 1 is 1.24 bits per heavy atom. The van der Waals surface area contributed by atoms with Gasteiger partial charge in [-0.15, -0.1) is 0 Å². The van der Waals surface area contributed by atoms with Gasteiger partial charge in [-0.25, -0.2) is 13.2 Å². The van der Waals surface area contributed by atoms with Gasteiger partial charge in [-0.2, -0.15) is 5.10 Å². The lowest BCUT2D eigenvalue weighted by molar-refractivity contribution is -0.131. The predicted molar refractivity (Wildman–Crippen MR) is 86.5 cm³/mol. The number of carbonyl (C=O) groups is 1. The lowest BCUT2D eigenvalue weighted by Gasteiger charge is -2.32. The van der Waals surface area contributed by atoms with Crippen molar-refractivity contribution in [3.05, 3.63) is 52.6 Å². The first kappa shape index (κ1) is 17.5. The highest BCUT2D eigenvalue weighted by Gasteiger charge is 2.27.